The third kappa shape index (κ3) is 3.49. The Morgan fingerprint density at radius 2 is 1.81 bits per heavy atom. The number of hydrogen-bond acceptors (Lipinski definition) is 5. The number of nitrogens with zero attached hydrogens (tertiary/aromatic N) is 3. The van der Waals surface area contributed by atoms with Crippen LogP contribution in [0.2, 0.25) is 0 Å². The fourth-order valence-electron chi connectivity index (χ4n) is 2.74. The van der Waals surface area contributed by atoms with Gasteiger partial charge in [0.2, 0.25) is 0 Å². The van der Waals surface area contributed by atoms with Gasteiger partial charge in [0.1, 0.15) is 5.75 Å². The predicted molar refractivity (Wildman–Crippen MR) is 88.7 cm³/mol. The predicted octanol–water partition coefficient (Wildman–Crippen LogP) is 3.01. The molecular weight excluding hydrogens is 349 g/mol. The van der Waals surface area contributed by atoms with Crippen molar-refractivity contribution in [2.45, 2.75) is 32.4 Å². The summed E-state index contributed by atoms with van der Waals surface area (Å²) in [4.78, 5) is 4.30. The van der Waals surface area contributed by atoms with Gasteiger partial charge in [0.15, 0.2) is 5.65 Å². The van der Waals surface area contributed by atoms with Crippen LogP contribution >= 0.6 is 0 Å². The lowest BCUT2D eigenvalue weighted by molar-refractivity contribution is -0.274. The maximum Gasteiger partial charge on any atom is 0.573 e. The van der Waals surface area contributed by atoms with Gasteiger partial charge in [-0.3, -0.25) is 0 Å². The Morgan fingerprint density at radius 3 is 2.35 bits per heavy atom. The summed E-state index contributed by atoms with van der Waals surface area (Å²) >= 11 is 0. The zero-order valence-electron chi connectivity index (χ0n) is 14.1. The topological polar surface area (TPSA) is 86.2 Å². The van der Waals surface area contributed by atoms with Crippen LogP contribution in [-0.2, 0) is 12.1 Å². The number of pyridine rings is 1. The van der Waals surface area contributed by atoms with E-state index in [0.717, 1.165) is 0 Å². The number of benzene rings is 1. The van der Waals surface area contributed by atoms with Crippen molar-refractivity contribution in [2.24, 2.45) is 5.73 Å². The van der Waals surface area contributed by atoms with E-state index < -0.39 is 12.0 Å². The zero-order chi connectivity index (χ0) is 19.1. The van der Waals surface area contributed by atoms with Gasteiger partial charge in [-0.15, -0.1) is 13.2 Å². The lowest BCUT2D eigenvalue weighted by Gasteiger charge is -2.18. The van der Waals surface area contributed by atoms with E-state index in [1.807, 2.05) is 0 Å². The van der Waals surface area contributed by atoms with Crippen LogP contribution < -0.4 is 10.5 Å². The van der Waals surface area contributed by atoms with Crippen LogP contribution in [0.5, 0.6) is 5.75 Å². The molecule has 0 saturated heterocycles. The Labute approximate surface area is 147 Å². The van der Waals surface area contributed by atoms with Gasteiger partial charge in [-0.25, -0.2) is 9.67 Å². The first-order chi connectivity index (χ1) is 12.1. The largest absolute Gasteiger partial charge is 0.573 e. The molecule has 2 heterocycles. The van der Waals surface area contributed by atoms with E-state index in [1.165, 1.54) is 35.1 Å². The highest BCUT2D eigenvalue weighted by Crippen LogP contribution is 2.31. The number of alkyl halides is 3. The van der Waals surface area contributed by atoms with Crippen LogP contribution in [-0.4, -0.2) is 26.2 Å². The number of hydrogen-bond donors (Lipinski definition) is 2. The van der Waals surface area contributed by atoms with E-state index in [2.05, 4.69) is 14.8 Å². The first-order valence-electron chi connectivity index (χ1n) is 7.76. The Balaban J connectivity index is 2.12. The summed E-state index contributed by atoms with van der Waals surface area (Å²) in [5.74, 6) is -0.332. The molecule has 2 aromatic heterocycles. The third-order valence-electron chi connectivity index (χ3n) is 3.81. The molecule has 3 N–H and O–H groups in total. The van der Waals surface area contributed by atoms with Gasteiger partial charge in [-0.2, -0.15) is 5.10 Å². The van der Waals surface area contributed by atoms with E-state index in [0.29, 0.717) is 28.0 Å². The van der Waals surface area contributed by atoms with Gasteiger partial charge in [0, 0.05) is 12.7 Å². The standard InChI is InChI=1S/C17H17F3N4O2/c1-16(2,25)12-7-8-22-15-14(12)13(9-21)23-24(15)10-3-5-11(6-4-10)26-17(18,19)20/h3-8,25H,9,21H2,1-2H3. The Morgan fingerprint density at radius 1 is 1.15 bits per heavy atom. The first-order valence-corrected chi connectivity index (χ1v) is 7.76. The molecule has 0 fully saturated rings. The minimum absolute atomic E-state index is 0.119. The van der Waals surface area contributed by atoms with Gasteiger partial charge < -0.3 is 15.6 Å². The molecule has 0 saturated carbocycles. The molecule has 0 aliphatic rings. The quantitative estimate of drug-likeness (QED) is 0.741. The molecule has 6 nitrogen and oxygen atoms in total. The number of ether oxygens (including phenoxy) is 1. The molecule has 0 atom stereocenters. The van der Waals surface area contributed by atoms with Crippen molar-refractivity contribution in [2.75, 3.05) is 0 Å². The van der Waals surface area contributed by atoms with Crippen LogP contribution in [0.1, 0.15) is 25.1 Å². The average molecular weight is 366 g/mol. The van der Waals surface area contributed by atoms with Gasteiger partial charge >= 0.3 is 6.36 Å². The van der Waals surface area contributed by atoms with E-state index in [4.69, 9.17) is 5.73 Å². The SMILES string of the molecule is CC(C)(O)c1ccnc2c1c(CN)nn2-c1ccc(OC(F)(F)F)cc1. The van der Waals surface area contributed by atoms with Crippen molar-refractivity contribution in [3.05, 3.63) is 47.8 Å². The number of fused-ring (bicyclic) bond motifs is 1. The molecule has 1 aromatic carbocycles. The monoisotopic (exact) mass is 366 g/mol. The van der Waals surface area contributed by atoms with E-state index >= 15 is 0 Å². The molecule has 9 heteroatoms. The number of nitrogens with two attached hydrogens (primary N) is 1. The first kappa shape index (κ1) is 18.2. The number of halogens is 3. The van der Waals surface area contributed by atoms with Gasteiger partial charge in [0.25, 0.3) is 0 Å². The second kappa shape index (κ2) is 6.26. The van der Waals surface area contributed by atoms with E-state index in [-0.39, 0.29) is 12.3 Å². The van der Waals surface area contributed by atoms with Crippen molar-refractivity contribution in [1.82, 2.24) is 14.8 Å². The number of rotatable bonds is 4. The minimum Gasteiger partial charge on any atom is -0.406 e. The molecule has 138 valence electrons. The summed E-state index contributed by atoms with van der Waals surface area (Å²) in [6, 6.07) is 6.95. The van der Waals surface area contributed by atoms with E-state index in [9.17, 15) is 18.3 Å². The molecule has 0 aliphatic carbocycles. The molecule has 0 radical (unpaired) electrons. The van der Waals surface area contributed by atoms with Crippen molar-refractivity contribution in [3.8, 4) is 11.4 Å². The lowest BCUT2D eigenvalue weighted by Crippen LogP contribution is -2.17. The number of aromatic nitrogens is 3. The highest BCUT2D eigenvalue weighted by molar-refractivity contribution is 5.84. The fraction of sp³-hybridized carbons (Fsp3) is 0.294. The number of aliphatic hydroxyl groups is 1. The molecule has 0 bridgehead atoms. The van der Waals surface area contributed by atoms with Gasteiger partial charge in [-0.1, -0.05) is 0 Å². The Bertz CT molecular complexity index is 928. The third-order valence-corrected chi connectivity index (χ3v) is 3.81. The van der Waals surface area contributed by atoms with Gasteiger partial charge in [0.05, 0.1) is 22.4 Å². The summed E-state index contributed by atoms with van der Waals surface area (Å²) in [5, 5.41) is 15.4. The second-order valence-electron chi connectivity index (χ2n) is 6.22. The molecule has 0 amide bonds. The fourth-order valence-corrected chi connectivity index (χ4v) is 2.74. The molecular formula is C17H17F3N4O2. The Hall–Kier alpha value is -2.65. The minimum atomic E-state index is -4.75. The summed E-state index contributed by atoms with van der Waals surface area (Å²) in [5.41, 5.74) is 6.74. The summed E-state index contributed by atoms with van der Waals surface area (Å²) < 4.78 is 42.2. The molecule has 3 aromatic rings. The Kier molecular flexibility index (Phi) is 4.37. The van der Waals surface area contributed by atoms with Crippen LogP contribution in [0.15, 0.2) is 36.5 Å². The normalized spacial score (nSPS) is 12.6. The molecule has 26 heavy (non-hydrogen) atoms. The van der Waals surface area contributed by atoms with Crippen LogP contribution in [0.4, 0.5) is 13.2 Å². The lowest BCUT2D eigenvalue weighted by atomic mass is 9.95. The van der Waals surface area contributed by atoms with Crippen molar-refractivity contribution >= 4 is 11.0 Å². The van der Waals surface area contributed by atoms with Crippen LogP contribution in [0.3, 0.4) is 0 Å². The molecule has 0 aliphatic heterocycles. The summed E-state index contributed by atoms with van der Waals surface area (Å²) in [6.45, 7) is 3.40. The van der Waals surface area contributed by atoms with Crippen molar-refractivity contribution in [1.29, 1.82) is 0 Å². The maximum atomic E-state index is 12.3. The highest BCUT2D eigenvalue weighted by Gasteiger charge is 2.31. The van der Waals surface area contributed by atoms with Crippen molar-refractivity contribution in [3.63, 3.8) is 0 Å². The van der Waals surface area contributed by atoms with E-state index in [1.54, 1.807) is 19.9 Å². The van der Waals surface area contributed by atoms with Gasteiger partial charge in [-0.05, 0) is 49.7 Å². The second-order valence-corrected chi connectivity index (χ2v) is 6.22. The summed E-state index contributed by atoms with van der Waals surface area (Å²) in [7, 11) is 0. The van der Waals surface area contributed by atoms with Crippen LogP contribution in [0.25, 0.3) is 16.7 Å². The van der Waals surface area contributed by atoms with Crippen molar-refractivity contribution < 1.29 is 23.0 Å². The summed E-state index contributed by atoms with van der Waals surface area (Å²) in [6.07, 6.45) is -3.22. The zero-order valence-corrected chi connectivity index (χ0v) is 14.1. The molecule has 3 rings (SSSR count). The smallest absolute Gasteiger partial charge is 0.406 e. The van der Waals surface area contributed by atoms with Crippen LogP contribution in [0, 0.1) is 0 Å². The maximum absolute atomic E-state index is 12.3. The highest BCUT2D eigenvalue weighted by atomic mass is 19.4. The average Bonchev–Trinajstić information content (AvgIpc) is 2.92. The molecule has 0 spiro atoms. The molecule has 0 unspecified atom stereocenters.